The summed E-state index contributed by atoms with van der Waals surface area (Å²) in [6, 6.07) is 10.1. The largest absolute Gasteiger partial charge is 0.379 e. The first-order chi connectivity index (χ1) is 15.9. The van der Waals surface area contributed by atoms with Gasteiger partial charge < -0.3 is 10.1 Å². The van der Waals surface area contributed by atoms with Gasteiger partial charge in [0.15, 0.2) is 0 Å². The Hall–Kier alpha value is -3.63. The molecule has 0 bridgehead atoms. The van der Waals surface area contributed by atoms with Gasteiger partial charge >= 0.3 is 0 Å². The van der Waals surface area contributed by atoms with Crippen LogP contribution >= 0.6 is 0 Å². The maximum Gasteiger partial charge on any atom is 0.282 e. The summed E-state index contributed by atoms with van der Waals surface area (Å²) in [7, 11) is 0. The van der Waals surface area contributed by atoms with Crippen molar-refractivity contribution in [1.29, 1.82) is 0 Å². The van der Waals surface area contributed by atoms with Crippen LogP contribution < -0.4 is 5.32 Å². The highest BCUT2D eigenvalue weighted by Crippen LogP contribution is 2.32. The minimum atomic E-state index is -1.14. The van der Waals surface area contributed by atoms with Crippen LogP contribution in [0.1, 0.15) is 33.2 Å². The Kier molecular flexibility index (Phi) is 6.47. The second kappa shape index (κ2) is 9.47. The van der Waals surface area contributed by atoms with Crippen LogP contribution in [0.15, 0.2) is 42.5 Å². The molecule has 10 nitrogen and oxygen atoms in total. The van der Waals surface area contributed by atoms with Crippen LogP contribution in [0.25, 0.3) is 0 Å². The molecule has 3 amide bonds. The van der Waals surface area contributed by atoms with Gasteiger partial charge in [-0.3, -0.25) is 34.3 Å². The van der Waals surface area contributed by atoms with Crippen LogP contribution in [0.5, 0.6) is 0 Å². The van der Waals surface area contributed by atoms with Gasteiger partial charge in [-0.2, -0.15) is 0 Å². The van der Waals surface area contributed by atoms with Gasteiger partial charge in [0, 0.05) is 31.4 Å². The summed E-state index contributed by atoms with van der Waals surface area (Å²) >= 11 is 0. The minimum Gasteiger partial charge on any atom is -0.379 e. The highest BCUT2D eigenvalue weighted by molar-refractivity contribution is 6.24. The number of imide groups is 1. The molecule has 2 heterocycles. The molecule has 2 aliphatic heterocycles. The number of benzene rings is 2. The zero-order valence-electron chi connectivity index (χ0n) is 18.2. The van der Waals surface area contributed by atoms with Crippen molar-refractivity contribution < 1.29 is 24.0 Å². The number of carbonyl (C=O) groups is 3. The topological polar surface area (TPSA) is 122 Å². The number of carbonyl (C=O) groups excluding carboxylic acids is 3. The SMILES string of the molecule is CC(C(=O)Nc1ccc(CCN2CCOCC2)cc1)N1C(=O)c2cccc([N+](=O)[O-])c2C1=O. The number of nitro groups is 1. The molecule has 0 aromatic heterocycles. The van der Waals surface area contributed by atoms with E-state index in [2.05, 4.69) is 10.2 Å². The highest BCUT2D eigenvalue weighted by Gasteiger charge is 2.44. The number of fused-ring (bicyclic) bond motifs is 1. The predicted octanol–water partition coefficient (Wildman–Crippen LogP) is 2.09. The van der Waals surface area contributed by atoms with E-state index < -0.39 is 34.4 Å². The second-order valence-corrected chi connectivity index (χ2v) is 8.00. The van der Waals surface area contributed by atoms with Crippen molar-refractivity contribution in [1.82, 2.24) is 9.80 Å². The Labute approximate surface area is 190 Å². The van der Waals surface area contributed by atoms with E-state index in [-0.39, 0.29) is 11.1 Å². The maximum atomic E-state index is 12.8. The lowest BCUT2D eigenvalue weighted by molar-refractivity contribution is -0.385. The van der Waals surface area contributed by atoms with Crippen LogP contribution in [-0.4, -0.2) is 71.3 Å². The van der Waals surface area contributed by atoms with Crippen LogP contribution in [0.2, 0.25) is 0 Å². The molecule has 1 fully saturated rings. The lowest BCUT2D eigenvalue weighted by atomic mass is 10.1. The van der Waals surface area contributed by atoms with E-state index in [0.29, 0.717) is 5.69 Å². The number of rotatable bonds is 7. The van der Waals surface area contributed by atoms with E-state index >= 15 is 0 Å². The Balaban J connectivity index is 1.39. The summed E-state index contributed by atoms with van der Waals surface area (Å²) in [6.45, 7) is 5.70. The highest BCUT2D eigenvalue weighted by atomic mass is 16.6. The number of nitrogens with one attached hydrogen (secondary N) is 1. The van der Waals surface area contributed by atoms with E-state index in [1.54, 1.807) is 12.1 Å². The van der Waals surface area contributed by atoms with Gasteiger partial charge in [-0.05, 0) is 37.1 Å². The average Bonchev–Trinajstić information content (AvgIpc) is 3.08. The summed E-state index contributed by atoms with van der Waals surface area (Å²) in [5.41, 5.74) is 0.855. The van der Waals surface area contributed by atoms with E-state index in [0.717, 1.165) is 49.7 Å². The summed E-state index contributed by atoms with van der Waals surface area (Å²) < 4.78 is 5.35. The average molecular weight is 452 g/mol. The zero-order chi connectivity index (χ0) is 23.5. The normalized spacial score (nSPS) is 17.1. The molecule has 0 saturated carbocycles. The number of nitro benzene ring substituents is 1. The fourth-order valence-electron chi connectivity index (χ4n) is 4.02. The van der Waals surface area contributed by atoms with Crippen LogP contribution in [-0.2, 0) is 16.0 Å². The number of nitrogens with zero attached hydrogens (tertiary/aromatic N) is 3. The summed E-state index contributed by atoms with van der Waals surface area (Å²) in [5, 5.41) is 14.0. The Morgan fingerprint density at radius 3 is 2.48 bits per heavy atom. The molecule has 1 saturated heterocycles. The quantitative estimate of drug-likeness (QED) is 0.388. The number of hydrogen-bond acceptors (Lipinski definition) is 7. The summed E-state index contributed by atoms with van der Waals surface area (Å²) in [4.78, 5) is 51.9. The van der Waals surface area contributed by atoms with Crippen molar-refractivity contribution in [3.63, 3.8) is 0 Å². The molecule has 2 aliphatic rings. The van der Waals surface area contributed by atoms with Crippen molar-refractivity contribution in [3.05, 3.63) is 69.3 Å². The summed E-state index contributed by atoms with van der Waals surface area (Å²) in [6.07, 6.45) is 0.873. The molecular weight excluding hydrogens is 428 g/mol. The van der Waals surface area contributed by atoms with E-state index in [4.69, 9.17) is 4.74 Å². The summed E-state index contributed by atoms with van der Waals surface area (Å²) in [5.74, 6) is -2.13. The van der Waals surface area contributed by atoms with Gasteiger partial charge in [0.25, 0.3) is 17.5 Å². The Morgan fingerprint density at radius 2 is 1.82 bits per heavy atom. The van der Waals surface area contributed by atoms with E-state index in [1.807, 2.05) is 12.1 Å². The molecule has 4 rings (SSSR count). The molecule has 10 heteroatoms. The van der Waals surface area contributed by atoms with Crippen LogP contribution in [0.3, 0.4) is 0 Å². The molecule has 33 heavy (non-hydrogen) atoms. The zero-order valence-corrected chi connectivity index (χ0v) is 18.2. The Morgan fingerprint density at radius 1 is 1.12 bits per heavy atom. The molecule has 2 aromatic rings. The molecule has 2 aromatic carbocycles. The van der Waals surface area contributed by atoms with Crippen molar-refractivity contribution in [3.8, 4) is 0 Å². The first kappa shape index (κ1) is 22.6. The number of amides is 3. The third-order valence-corrected chi connectivity index (χ3v) is 5.93. The van der Waals surface area contributed by atoms with Gasteiger partial charge in [-0.25, -0.2) is 0 Å². The molecular formula is C23H24N4O6. The first-order valence-electron chi connectivity index (χ1n) is 10.7. The van der Waals surface area contributed by atoms with E-state index in [1.165, 1.54) is 25.1 Å². The fraction of sp³-hybridized carbons (Fsp3) is 0.348. The molecule has 0 spiro atoms. The lowest BCUT2D eigenvalue weighted by Gasteiger charge is -2.26. The number of ether oxygens (including phenoxy) is 1. The van der Waals surface area contributed by atoms with Gasteiger partial charge in [0.1, 0.15) is 11.6 Å². The first-order valence-corrected chi connectivity index (χ1v) is 10.7. The lowest BCUT2D eigenvalue weighted by Crippen LogP contribution is -2.45. The van der Waals surface area contributed by atoms with Crippen molar-refractivity contribution in [2.24, 2.45) is 0 Å². The third kappa shape index (κ3) is 4.62. The maximum absolute atomic E-state index is 12.8. The van der Waals surface area contributed by atoms with Gasteiger partial charge in [-0.15, -0.1) is 0 Å². The molecule has 1 unspecified atom stereocenters. The molecule has 1 atom stereocenters. The molecule has 0 aliphatic carbocycles. The second-order valence-electron chi connectivity index (χ2n) is 8.00. The molecule has 1 N–H and O–H groups in total. The minimum absolute atomic E-state index is 0.0709. The fourth-order valence-corrected chi connectivity index (χ4v) is 4.02. The Bertz CT molecular complexity index is 1090. The van der Waals surface area contributed by atoms with Crippen molar-refractivity contribution in [2.75, 3.05) is 38.2 Å². The number of morpholine rings is 1. The van der Waals surface area contributed by atoms with Crippen LogP contribution in [0, 0.1) is 10.1 Å². The van der Waals surface area contributed by atoms with E-state index in [9.17, 15) is 24.5 Å². The van der Waals surface area contributed by atoms with Crippen molar-refractivity contribution in [2.45, 2.75) is 19.4 Å². The smallest absolute Gasteiger partial charge is 0.282 e. The van der Waals surface area contributed by atoms with Crippen LogP contribution in [0.4, 0.5) is 11.4 Å². The number of anilines is 1. The molecule has 172 valence electrons. The van der Waals surface area contributed by atoms with Gasteiger partial charge in [-0.1, -0.05) is 18.2 Å². The van der Waals surface area contributed by atoms with Gasteiger partial charge in [0.2, 0.25) is 5.91 Å². The molecule has 0 radical (unpaired) electrons. The number of hydrogen-bond donors (Lipinski definition) is 1. The van der Waals surface area contributed by atoms with Gasteiger partial charge in [0.05, 0.1) is 23.7 Å². The predicted molar refractivity (Wildman–Crippen MR) is 119 cm³/mol. The monoisotopic (exact) mass is 452 g/mol. The van der Waals surface area contributed by atoms with Crippen molar-refractivity contribution >= 4 is 29.1 Å². The third-order valence-electron chi connectivity index (χ3n) is 5.93. The standard InChI is InChI=1S/C23H24N4O6/c1-15(26-22(29)18-3-2-4-19(27(31)32)20(18)23(26)30)21(28)24-17-7-5-16(6-8-17)9-10-25-11-13-33-14-12-25/h2-8,15H,9-14H2,1H3,(H,24,28).